The van der Waals surface area contributed by atoms with Crippen LogP contribution >= 0.6 is 11.3 Å². The maximum Gasteiger partial charge on any atom is 0.0956 e. The Kier molecular flexibility index (Phi) is 2.78. The molecule has 3 heterocycles. The first-order valence-corrected chi connectivity index (χ1v) is 8.81. The molecule has 5 heteroatoms. The van der Waals surface area contributed by atoms with Gasteiger partial charge in [0, 0.05) is 11.5 Å². The van der Waals surface area contributed by atoms with E-state index in [2.05, 4.69) is 38.8 Å². The van der Waals surface area contributed by atoms with E-state index in [1.54, 1.807) is 11.3 Å². The van der Waals surface area contributed by atoms with Crippen molar-refractivity contribution >= 4 is 11.3 Å². The normalized spacial score (nSPS) is 25.0. The predicted molar refractivity (Wildman–Crippen MR) is 89.4 cm³/mol. The van der Waals surface area contributed by atoms with Gasteiger partial charge in [-0.2, -0.15) is 0 Å². The van der Waals surface area contributed by atoms with Gasteiger partial charge in [-0.1, -0.05) is 24.3 Å². The number of imidazole rings is 1. The number of aliphatic hydroxyl groups is 1. The molecule has 23 heavy (non-hydrogen) atoms. The lowest BCUT2D eigenvalue weighted by atomic mass is 9.80. The van der Waals surface area contributed by atoms with Gasteiger partial charge in [-0.05, 0) is 25.3 Å². The molecule has 1 N–H and O–H groups in total. The zero-order valence-electron chi connectivity index (χ0n) is 12.8. The van der Waals surface area contributed by atoms with E-state index in [-0.39, 0.29) is 12.0 Å². The molecule has 116 valence electrons. The summed E-state index contributed by atoms with van der Waals surface area (Å²) in [6.07, 6.45) is 5.28. The molecule has 1 aliphatic carbocycles. The fraction of sp³-hybridized carbons (Fsp3) is 0.333. The monoisotopic (exact) mass is 323 g/mol. The molecule has 3 atom stereocenters. The summed E-state index contributed by atoms with van der Waals surface area (Å²) >= 11 is 1.64. The minimum Gasteiger partial charge on any atom is -0.387 e. The molecule has 2 aromatic heterocycles. The quantitative estimate of drug-likeness (QED) is 0.745. The summed E-state index contributed by atoms with van der Waals surface area (Å²) in [6.45, 7) is 2.02. The summed E-state index contributed by atoms with van der Waals surface area (Å²) in [5.74, 6) is 0.166. The summed E-state index contributed by atoms with van der Waals surface area (Å²) in [5.41, 5.74) is 4.80. The van der Waals surface area contributed by atoms with Crippen molar-refractivity contribution in [2.75, 3.05) is 0 Å². The van der Waals surface area contributed by atoms with Crippen LogP contribution in [0, 0.1) is 12.8 Å². The Hall–Kier alpha value is -1.98. The third-order valence-corrected chi connectivity index (χ3v) is 6.23. The van der Waals surface area contributed by atoms with E-state index in [9.17, 15) is 5.11 Å². The lowest BCUT2D eigenvalue weighted by molar-refractivity contribution is 0.0748. The van der Waals surface area contributed by atoms with Gasteiger partial charge in [-0.25, -0.2) is 9.97 Å². The van der Waals surface area contributed by atoms with Gasteiger partial charge < -0.3 is 9.67 Å². The molecule has 1 aromatic carbocycles. The van der Waals surface area contributed by atoms with Crippen molar-refractivity contribution < 1.29 is 5.11 Å². The number of aliphatic hydroxyl groups excluding tert-OH is 1. The highest BCUT2D eigenvalue weighted by molar-refractivity contribution is 7.11. The number of nitrogens with zero attached hydrogens (tertiary/aromatic N) is 3. The number of aryl methyl sites for hydroxylation is 2. The Balaban J connectivity index is 1.63. The van der Waals surface area contributed by atoms with Crippen LogP contribution < -0.4 is 0 Å². The maximum atomic E-state index is 11.0. The smallest absolute Gasteiger partial charge is 0.0956 e. The Morgan fingerprint density at radius 2 is 2.17 bits per heavy atom. The number of thiazole rings is 1. The topological polar surface area (TPSA) is 50.9 Å². The first kappa shape index (κ1) is 13.5. The average molecular weight is 323 g/mol. The average Bonchev–Trinajstić information content (AvgIpc) is 3.22. The molecule has 0 fully saturated rings. The van der Waals surface area contributed by atoms with Crippen LogP contribution in [0.1, 0.15) is 39.7 Å². The van der Waals surface area contributed by atoms with Crippen molar-refractivity contribution in [3.8, 4) is 11.3 Å². The van der Waals surface area contributed by atoms with Crippen LogP contribution in [0.3, 0.4) is 0 Å². The van der Waals surface area contributed by atoms with Crippen molar-refractivity contribution in [1.29, 1.82) is 0 Å². The van der Waals surface area contributed by atoms with Crippen LogP contribution in [0.4, 0.5) is 0 Å². The van der Waals surface area contributed by atoms with Crippen LogP contribution in [0.2, 0.25) is 0 Å². The van der Waals surface area contributed by atoms with Crippen LogP contribution in [0.15, 0.2) is 36.8 Å². The summed E-state index contributed by atoms with van der Waals surface area (Å²) in [6, 6.07) is 8.66. The second-order valence-corrected chi connectivity index (χ2v) is 7.64. The van der Waals surface area contributed by atoms with Gasteiger partial charge in [-0.15, -0.1) is 11.3 Å². The molecular weight excluding hydrogens is 306 g/mol. The first-order chi connectivity index (χ1) is 11.2. The highest BCUT2D eigenvalue weighted by Crippen LogP contribution is 2.50. The second kappa shape index (κ2) is 4.76. The van der Waals surface area contributed by atoms with E-state index >= 15 is 0 Å². The van der Waals surface area contributed by atoms with E-state index in [1.807, 2.05) is 19.4 Å². The van der Waals surface area contributed by atoms with Crippen LogP contribution in [-0.4, -0.2) is 19.6 Å². The van der Waals surface area contributed by atoms with E-state index in [4.69, 9.17) is 0 Å². The summed E-state index contributed by atoms with van der Waals surface area (Å²) in [7, 11) is 0. The van der Waals surface area contributed by atoms with Crippen LogP contribution in [0.25, 0.3) is 11.3 Å². The number of hydrogen-bond acceptors (Lipinski definition) is 4. The van der Waals surface area contributed by atoms with Crippen molar-refractivity contribution in [2.45, 2.75) is 31.9 Å². The molecule has 4 nitrogen and oxygen atoms in total. The molecular formula is C18H17N3OS. The largest absolute Gasteiger partial charge is 0.387 e. The molecule has 5 rings (SSSR count). The van der Waals surface area contributed by atoms with E-state index < -0.39 is 6.10 Å². The molecule has 0 spiro atoms. The SMILES string of the molecule is Cc1nc2c(s1)C(O)C(C1c3ccccc3-c3cncn31)CC2. The van der Waals surface area contributed by atoms with E-state index in [0.717, 1.165) is 34.1 Å². The Bertz CT molecular complexity index is 897. The van der Waals surface area contributed by atoms with Crippen molar-refractivity contribution in [3.63, 3.8) is 0 Å². The minimum absolute atomic E-state index is 0.161. The number of rotatable bonds is 1. The lowest BCUT2D eigenvalue weighted by Crippen LogP contribution is -2.27. The number of fused-ring (bicyclic) bond motifs is 4. The van der Waals surface area contributed by atoms with Crippen molar-refractivity contribution in [1.82, 2.24) is 14.5 Å². The first-order valence-electron chi connectivity index (χ1n) is 7.99. The molecule has 2 aliphatic rings. The minimum atomic E-state index is -0.448. The van der Waals surface area contributed by atoms with E-state index in [1.165, 1.54) is 11.1 Å². The van der Waals surface area contributed by atoms with Gasteiger partial charge in [0.15, 0.2) is 0 Å². The molecule has 0 saturated carbocycles. The van der Waals surface area contributed by atoms with Gasteiger partial charge in [-0.3, -0.25) is 0 Å². The number of aromatic nitrogens is 3. The molecule has 0 amide bonds. The number of hydrogen-bond donors (Lipinski definition) is 1. The van der Waals surface area contributed by atoms with Gasteiger partial charge >= 0.3 is 0 Å². The molecule has 0 bridgehead atoms. The standard InChI is InChI=1S/C18H17N3OS/c1-10-20-14-7-6-13(17(22)18(14)23-10)16-12-5-3-2-4-11(12)15-8-19-9-21(15)16/h2-5,8-9,13,16-17,22H,6-7H2,1H3. The Morgan fingerprint density at radius 3 is 3.09 bits per heavy atom. The van der Waals surface area contributed by atoms with E-state index in [0.29, 0.717) is 0 Å². The molecule has 3 aromatic rings. The molecule has 0 saturated heterocycles. The van der Waals surface area contributed by atoms with Gasteiger partial charge in [0.2, 0.25) is 0 Å². The third-order valence-electron chi connectivity index (χ3n) is 5.15. The molecule has 3 unspecified atom stereocenters. The van der Waals surface area contributed by atoms with Crippen LogP contribution in [-0.2, 0) is 6.42 Å². The zero-order valence-corrected chi connectivity index (χ0v) is 13.6. The summed E-state index contributed by atoms with van der Waals surface area (Å²) in [4.78, 5) is 9.97. The van der Waals surface area contributed by atoms with Crippen molar-refractivity contribution in [2.24, 2.45) is 5.92 Å². The van der Waals surface area contributed by atoms with Gasteiger partial charge in [0.1, 0.15) is 0 Å². The third kappa shape index (κ3) is 1.80. The van der Waals surface area contributed by atoms with Gasteiger partial charge in [0.25, 0.3) is 0 Å². The van der Waals surface area contributed by atoms with Crippen LogP contribution in [0.5, 0.6) is 0 Å². The van der Waals surface area contributed by atoms with Crippen molar-refractivity contribution in [3.05, 3.63) is 57.9 Å². The zero-order chi connectivity index (χ0) is 15.6. The highest BCUT2D eigenvalue weighted by atomic mass is 32.1. The van der Waals surface area contributed by atoms with Gasteiger partial charge in [0.05, 0.1) is 45.9 Å². The molecule has 0 radical (unpaired) electrons. The lowest BCUT2D eigenvalue weighted by Gasteiger charge is -2.33. The Labute approximate surface area is 138 Å². The fourth-order valence-electron chi connectivity index (χ4n) is 4.19. The predicted octanol–water partition coefficient (Wildman–Crippen LogP) is 3.51. The maximum absolute atomic E-state index is 11.0. The Morgan fingerprint density at radius 1 is 1.30 bits per heavy atom. The summed E-state index contributed by atoms with van der Waals surface area (Å²) in [5, 5.41) is 12.1. The second-order valence-electron chi connectivity index (χ2n) is 6.41. The summed E-state index contributed by atoms with van der Waals surface area (Å²) < 4.78 is 2.23. The fourth-order valence-corrected chi connectivity index (χ4v) is 5.23. The number of benzene rings is 1. The highest BCUT2D eigenvalue weighted by Gasteiger charge is 2.41. The molecule has 1 aliphatic heterocycles.